The molecule has 16 heavy (non-hydrogen) atoms. The molecule has 0 saturated carbocycles. The van der Waals surface area contributed by atoms with Gasteiger partial charge in [-0.2, -0.15) is 0 Å². The first-order valence-electron chi connectivity index (χ1n) is 5.48. The summed E-state index contributed by atoms with van der Waals surface area (Å²) in [5.74, 6) is 0.123. The summed E-state index contributed by atoms with van der Waals surface area (Å²) in [5.41, 5.74) is 6.49. The lowest BCUT2D eigenvalue weighted by Gasteiger charge is -2.20. The number of aliphatic hydroxyl groups excluding tert-OH is 1. The molecule has 0 saturated heterocycles. The molecule has 0 heterocycles. The maximum Gasteiger partial charge on any atom is 0.121 e. The standard InChI is InChI=1S/C12H18BrNO2/c1-2-3-4-10(15)12(14)9-6-5-8(13)7-11(9)16/h5-7,10,12,15-16H,2-4,14H2,1H3/t10-,12+/m1/s1. The maximum absolute atomic E-state index is 9.85. The Balaban J connectivity index is 2.75. The number of aromatic hydroxyl groups is 1. The molecule has 90 valence electrons. The number of halogens is 1. The Morgan fingerprint density at radius 1 is 1.44 bits per heavy atom. The van der Waals surface area contributed by atoms with Crippen LogP contribution in [0, 0.1) is 0 Å². The van der Waals surface area contributed by atoms with Gasteiger partial charge in [-0.25, -0.2) is 0 Å². The molecule has 3 nitrogen and oxygen atoms in total. The van der Waals surface area contributed by atoms with Crippen LogP contribution in [-0.4, -0.2) is 16.3 Å². The molecule has 1 aromatic rings. The highest BCUT2D eigenvalue weighted by atomic mass is 79.9. The molecule has 0 radical (unpaired) electrons. The quantitative estimate of drug-likeness (QED) is 0.780. The number of benzene rings is 1. The Hall–Kier alpha value is -0.580. The number of phenolic OH excluding ortho intramolecular Hbond substituents is 1. The second kappa shape index (κ2) is 6.23. The molecule has 0 fully saturated rings. The molecule has 1 aromatic carbocycles. The van der Waals surface area contributed by atoms with Crippen LogP contribution in [0.3, 0.4) is 0 Å². The minimum absolute atomic E-state index is 0.123. The van der Waals surface area contributed by atoms with Gasteiger partial charge in [-0.15, -0.1) is 0 Å². The van der Waals surface area contributed by atoms with Gasteiger partial charge < -0.3 is 15.9 Å². The van der Waals surface area contributed by atoms with E-state index in [1.165, 1.54) is 0 Å². The van der Waals surface area contributed by atoms with Crippen LogP contribution >= 0.6 is 15.9 Å². The smallest absolute Gasteiger partial charge is 0.121 e. The number of aliphatic hydroxyl groups is 1. The fourth-order valence-electron chi connectivity index (χ4n) is 1.60. The van der Waals surface area contributed by atoms with Crippen molar-refractivity contribution >= 4 is 15.9 Å². The van der Waals surface area contributed by atoms with E-state index in [0.717, 1.165) is 17.3 Å². The minimum atomic E-state index is -0.605. The first-order valence-corrected chi connectivity index (χ1v) is 6.27. The summed E-state index contributed by atoms with van der Waals surface area (Å²) >= 11 is 3.26. The fraction of sp³-hybridized carbons (Fsp3) is 0.500. The fourth-order valence-corrected chi connectivity index (χ4v) is 1.95. The van der Waals surface area contributed by atoms with E-state index in [9.17, 15) is 10.2 Å². The van der Waals surface area contributed by atoms with E-state index in [0.29, 0.717) is 12.0 Å². The third-order valence-corrected chi connectivity index (χ3v) is 3.11. The van der Waals surface area contributed by atoms with Gasteiger partial charge in [0.2, 0.25) is 0 Å². The molecule has 1 rings (SSSR count). The lowest BCUT2D eigenvalue weighted by Crippen LogP contribution is -2.26. The van der Waals surface area contributed by atoms with Gasteiger partial charge in [-0.1, -0.05) is 41.8 Å². The Morgan fingerprint density at radius 3 is 2.69 bits per heavy atom. The zero-order valence-electron chi connectivity index (χ0n) is 9.36. The lowest BCUT2D eigenvalue weighted by molar-refractivity contribution is 0.131. The van der Waals surface area contributed by atoms with Gasteiger partial charge in [0, 0.05) is 10.0 Å². The van der Waals surface area contributed by atoms with Crippen molar-refractivity contribution in [2.24, 2.45) is 5.73 Å². The summed E-state index contributed by atoms with van der Waals surface area (Å²) < 4.78 is 0.795. The molecule has 0 aliphatic carbocycles. The van der Waals surface area contributed by atoms with E-state index in [1.807, 2.05) is 0 Å². The van der Waals surface area contributed by atoms with Gasteiger partial charge in [0.05, 0.1) is 12.1 Å². The van der Waals surface area contributed by atoms with Crippen LogP contribution in [0.1, 0.15) is 37.8 Å². The summed E-state index contributed by atoms with van der Waals surface area (Å²) in [4.78, 5) is 0. The van der Waals surface area contributed by atoms with E-state index < -0.39 is 12.1 Å². The van der Waals surface area contributed by atoms with Crippen molar-refractivity contribution in [3.8, 4) is 5.75 Å². The summed E-state index contributed by atoms with van der Waals surface area (Å²) in [7, 11) is 0. The zero-order valence-corrected chi connectivity index (χ0v) is 10.9. The highest BCUT2D eigenvalue weighted by Crippen LogP contribution is 2.29. The third-order valence-electron chi connectivity index (χ3n) is 2.62. The highest BCUT2D eigenvalue weighted by Gasteiger charge is 2.19. The first kappa shape index (κ1) is 13.5. The van der Waals surface area contributed by atoms with E-state index in [2.05, 4.69) is 22.9 Å². The number of rotatable bonds is 5. The Kier molecular flexibility index (Phi) is 5.25. The summed E-state index contributed by atoms with van der Waals surface area (Å²) in [6.07, 6.45) is 2.02. The minimum Gasteiger partial charge on any atom is -0.508 e. The number of hydrogen-bond acceptors (Lipinski definition) is 3. The second-order valence-electron chi connectivity index (χ2n) is 3.94. The van der Waals surface area contributed by atoms with Crippen LogP contribution in [0.5, 0.6) is 5.75 Å². The molecule has 0 aliphatic rings. The molecule has 0 aliphatic heterocycles. The Bertz CT molecular complexity index is 344. The van der Waals surface area contributed by atoms with Crippen LogP contribution in [0.25, 0.3) is 0 Å². The van der Waals surface area contributed by atoms with Crippen molar-refractivity contribution in [2.45, 2.75) is 38.3 Å². The number of phenols is 1. The topological polar surface area (TPSA) is 66.5 Å². The zero-order chi connectivity index (χ0) is 12.1. The van der Waals surface area contributed by atoms with Crippen molar-refractivity contribution < 1.29 is 10.2 Å². The molecule has 4 N–H and O–H groups in total. The summed E-state index contributed by atoms with van der Waals surface area (Å²) in [6.45, 7) is 2.06. The SMILES string of the molecule is CCCC[C@@H](O)[C@@H](N)c1ccc(Br)cc1O. The predicted octanol–water partition coefficient (Wildman–Crippen LogP) is 2.71. The summed E-state index contributed by atoms with van der Waals surface area (Å²) in [5, 5.41) is 19.6. The molecule has 0 aromatic heterocycles. The molecule has 2 atom stereocenters. The van der Waals surface area contributed by atoms with Crippen molar-refractivity contribution in [3.05, 3.63) is 28.2 Å². The van der Waals surface area contributed by atoms with Crippen LogP contribution in [0.4, 0.5) is 0 Å². The number of hydrogen-bond donors (Lipinski definition) is 3. The lowest BCUT2D eigenvalue weighted by atomic mass is 9.98. The van der Waals surface area contributed by atoms with Crippen molar-refractivity contribution in [1.82, 2.24) is 0 Å². The van der Waals surface area contributed by atoms with Gasteiger partial charge in [0.15, 0.2) is 0 Å². The molecule has 4 heteroatoms. The van der Waals surface area contributed by atoms with E-state index in [4.69, 9.17) is 5.73 Å². The van der Waals surface area contributed by atoms with Gasteiger partial charge in [0.1, 0.15) is 5.75 Å². The monoisotopic (exact) mass is 287 g/mol. The molecule has 0 unspecified atom stereocenters. The average molecular weight is 288 g/mol. The molecule has 0 amide bonds. The largest absolute Gasteiger partial charge is 0.508 e. The number of nitrogens with two attached hydrogens (primary N) is 1. The van der Waals surface area contributed by atoms with Crippen LogP contribution in [-0.2, 0) is 0 Å². The first-order chi connectivity index (χ1) is 7.56. The van der Waals surface area contributed by atoms with Gasteiger partial charge in [-0.3, -0.25) is 0 Å². The molecular weight excluding hydrogens is 270 g/mol. The van der Waals surface area contributed by atoms with Gasteiger partial charge in [0.25, 0.3) is 0 Å². The van der Waals surface area contributed by atoms with Crippen LogP contribution in [0.2, 0.25) is 0 Å². The van der Waals surface area contributed by atoms with Gasteiger partial charge >= 0.3 is 0 Å². The van der Waals surface area contributed by atoms with E-state index in [-0.39, 0.29) is 5.75 Å². The van der Waals surface area contributed by atoms with Crippen LogP contribution < -0.4 is 5.73 Å². The van der Waals surface area contributed by atoms with E-state index >= 15 is 0 Å². The Labute approximate surface area is 104 Å². The normalized spacial score (nSPS) is 14.8. The predicted molar refractivity (Wildman–Crippen MR) is 68.3 cm³/mol. The molecular formula is C12H18BrNO2. The van der Waals surface area contributed by atoms with Crippen molar-refractivity contribution in [2.75, 3.05) is 0 Å². The van der Waals surface area contributed by atoms with E-state index in [1.54, 1.807) is 18.2 Å². The Morgan fingerprint density at radius 2 is 2.12 bits per heavy atom. The molecule has 0 bridgehead atoms. The molecule has 0 spiro atoms. The van der Waals surface area contributed by atoms with Crippen molar-refractivity contribution in [3.63, 3.8) is 0 Å². The van der Waals surface area contributed by atoms with Crippen LogP contribution in [0.15, 0.2) is 22.7 Å². The van der Waals surface area contributed by atoms with Gasteiger partial charge in [-0.05, 0) is 18.6 Å². The average Bonchev–Trinajstić information content (AvgIpc) is 2.25. The second-order valence-corrected chi connectivity index (χ2v) is 4.85. The van der Waals surface area contributed by atoms with Crippen molar-refractivity contribution in [1.29, 1.82) is 0 Å². The number of unbranched alkanes of at least 4 members (excludes halogenated alkanes) is 1. The summed E-state index contributed by atoms with van der Waals surface area (Å²) in [6, 6.07) is 4.60. The third kappa shape index (κ3) is 3.47. The maximum atomic E-state index is 9.85. The highest BCUT2D eigenvalue weighted by molar-refractivity contribution is 9.10.